The van der Waals surface area contributed by atoms with E-state index in [9.17, 15) is 5.11 Å². The van der Waals surface area contributed by atoms with Crippen LogP contribution in [0.25, 0.3) is 11.1 Å². The van der Waals surface area contributed by atoms with Crippen molar-refractivity contribution in [2.24, 2.45) is 0 Å². The molecule has 2 aromatic carbocycles. The van der Waals surface area contributed by atoms with Gasteiger partial charge in [-0.2, -0.15) is 0 Å². The van der Waals surface area contributed by atoms with Gasteiger partial charge in [-0.3, -0.25) is 0 Å². The van der Waals surface area contributed by atoms with Crippen molar-refractivity contribution >= 4 is 0 Å². The Hall–Kier alpha value is -2.50. The monoisotopic (exact) mass is 358 g/mol. The quantitative estimate of drug-likeness (QED) is 0.675. The smallest absolute Gasteiger partial charge is 0.133 e. The van der Waals surface area contributed by atoms with E-state index in [1.54, 1.807) is 21.3 Å². The largest absolute Gasteiger partial charge is 0.496 e. The molecule has 0 saturated carbocycles. The molecule has 0 aromatic heterocycles. The SMILES string of the molecule is C=CCc1cc(-c2c(OC)ccc(CC(O)CO)c2OC)ccc1OC. The molecule has 2 N–H and O–H groups in total. The highest BCUT2D eigenvalue weighted by molar-refractivity contribution is 5.79. The summed E-state index contributed by atoms with van der Waals surface area (Å²) < 4.78 is 16.6. The molecule has 2 rings (SSSR count). The molecular weight excluding hydrogens is 332 g/mol. The van der Waals surface area contributed by atoms with Gasteiger partial charge in [-0.15, -0.1) is 6.58 Å². The number of allylic oxidation sites excluding steroid dienone is 1. The summed E-state index contributed by atoms with van der Waals surface area (Å²) in [6, 6.07) is 9.55. The first-order chi connectivity index (χ1) is 12.6. The predicted octanol–water partition coefficient (Wildman–Crippen LogP) is 3.00. The maximum Gasteiger partial charge on any atom is 0.133 e. The molecule has 26 heavy (non-hydrogen) atoms. The zero-order chi connectivity index (χ0) is 19.1. The lowest BCUT2D eigenvalue weighted by Gasteiger charge is -2.19. The molecule has 0 spiro atoms. The summed E-state index contributed by atoms with van der Waals surface area (Å²) in [6.07, 6.45) is 1.93. The third-order valence-corrected chi connectivity index (χ3v) is 4.22. The molecule has 0 aliphatic heterocycles. The Morgan fingerprint density at radius 2 is 1.69 bits per heavy atom. The van der Waals surface area contributed by atoms with Crippen molar-refractivity contribution < 1.29 is 24.4 Å². The highest BCUT2D eigenvalue weighted by Crippen LogP contribution is 2.42. The highest BCUT2D eigenvalue weighted by atomic mass is 16.5. The van der Waals surface area contributed by atoms with Gasteiger partial charge in [0.1, 0.15) is 17.2 Å². The second-order valence-electron chi connectivity index (χ2n) is 5.90. The topological polar surface area (TPSA) is 68.2 Å². The minimum Gasteiger partial charge on any atom is -0.496 e. The van der Waals surface area contributed by atoms with Crippen LogP contribution < -0.4 is 14.2 Å². The summed E-state index contributed by atoms with van der Waals surface area (Å²) in [7, 11) is 4.83. The number of rotatable bonds is 9. The normalized spacial score (nSPS) is 11.7. The van der Waals surface area contributed by atoms with Gasteiger partial charge in [0.25, 0.3) is 0 Å². The Morgan fingerprint density at radius 1 is 1.00 bits per heavy atom. The first-order valence-electron chi connectivity index (χ1n) is 8.40. The molecule has 140 valence electrons. The molecule has 0 radical (unpaired) electrons. The van der Waals surface area contributed by atoms with Crippen molar-refractivity contribution in [1.82, 2.24) is 0 Å². The average Bonchev–Trinajstić information content (AvgIpc) is 2.67. The van der Waals surface area contributed by atoms with Gasteiger partial charge in [0.2, 0.25) is 0 Å². The van der Waals surface area contributed by atoms with Crippen LogP contribution in [0.3, 0.4) is 0 Å². The van der Waals surface area contributed by atoms with Crippen molar-refractivity contribution in [2.75, 3.05) is 27.9 Å². The Balaban J connectivity index is 2.64. The molecular formula is C21H26O5. The van der Waals surface area contributed by atoms with Crippen LogP contribution in [0.4, 0.5) is 0 Å². The zero-order valence-corrected chi connectivity index (χ0v) is 15.5. The van der Waals surface area contributed by atoms with Gasteiger partial charge in [-0.25, -0.2) is 0 Å². The first-order valence-corrected chi connectivity index (χ1v) is 8.40. The maximum atomic E-state index is 9.84. The van der Waals surface area contributed by atoms with Crippen LogP contribution in [0.2, 0.25) is 0 Å². The molecule has 0 aliphatic carbocycles. The lowest BCUT2D eigenvalue weighted by atomic mass is 9.95. The van der Waals surface area contributed by atoms with Crippen LogP contribution in [0.5, 0.6) is 17.2 Å². The summed E-state index contributed by atoms with van der Waals surface area (Å²) in [6.45, 7) is 3.49. The molecule has 0 fully saturated rings. The van der Waals surface area contributed by atoms with Crippen molar-refractivity contribution in [3.63, 3.8) is 0 Å². The fraction of sp³-hybridized carbons (Fsp3) is 0.333. The van der Waals surface area contributed by atoms with Gasteiger partial charge >= 0.3 is 0 Å². The zero-order valence-electron chi connectivity index (χ0n) is 15.5. The number of aliphatic hydroxyl groups excluding tert-OH is 2. The Morgan fingerprint density at radius 3 is 2.27 bits per heavy atom. The van der Waals surface area contributed by atoms with E-state index in [-0.39, 0.29) is 13.0 Å². The molecule has 0 heterocycles. The molecule has 5 nitrogen and oxygen atoms in total. The molecule has 0 amide bonds. The van der Waals surface area contributed by atoms with E-state index >= 15 is 0 Å². The van der Waals surface area contributed by atoms with Crippen molar-refractivity contribution in [1.29, 1.82) is 0 Å². The summed E-state index contributed by atoms with van der Waals surface area (Å²) >= 11 is 0. The van der Waals surface area contributed by atoms with Gasteiger partial charge in [-0.1, -0.05) is 18.2 Å². The fourth-order valence-electron chi connectivity index (χ4n) is 3.01. The number of hydrogen-bond acceptors (Lipinski definition) is 5. The van der Waals surface area contributed by atoms with E-state index in [4.69, 9.17) is 19.3 Å². The van der Waals surface area contributed by atoms with E-state index in [2.05, 4.69) is 6.58 Å². The summed E-state index contributed by atoms with van der Waals surface area (Å²) in [5.74, 6) is 2.07. The third-order valence-electron chi connectivity index (χ3n) is 4.22. The van der Waals surface area contributed by atoms with Crippen LogP contribution in [0.15, 0.2) is 43.0 Å². The van der Waals surface area contributed by atoms with Gasteiger partial charge in [-0.05, 0) is 41.3 Å². The van der Waals surface area contributed by atoms with Crippen molar-refractivity contribution in [3.8, 4) is 28.4 Å². The number of aliphatic hydroxyl groups is 2. The summed E-state index contributed by atoms with van der Waals surface area (Å²) in [5.41, 5.74) is 3.51. The third kappa shape index (κ3) is 4.18. The number of benzene rings is 2. The Kier molecular flexibility index (Phi) is 7.06. The number of methoxy groups -OCH3 is 3. The molecule has 0 bridgehead atoms. The standard InChI is InChI=1S/C21H26O5/c1-5-6-14-11-15(7-9-18(14)24-2)20-19(25-3)10-8-16(21(20)26-4)12-17(23)13-22/h5,7-11,17,22-23H,1,6,12-13H2,2-4H3. The minimum absolute atomic E-state index is 0.284. The van der Waals surface area contributed by atoms with Crippen LogP contribution in [0.1, 0.15) is 11.1 Å². The van der Waals surface area contributed by atoms with E-state index in [1.165, 1.54) is 0 Å². The van der Waals surface area contributed by atoms with Crippen LogP contribution in [0, 0.1) is 0 Å². The predicted molar refractivity (Wildman–Crippen MR) is 102 cm³/mol. The molecule has 0 aliphatic rings. The van der Waals surface area contributed by atoms with Gasteiger partial charge in [0.15, 0.2) is 0 Å². The summed E-state index contributed by atoms with van der Waals surface area (Å²) in [4.78, 5) is 0. The lowest BCUT2D eigenvalue weighted by Crippen LogP contribution is -2.16. The molecule has 1 atom stereocenters. The first kappa shape index (κ1) is 19.8. The summed E-state index contributed by atoms with van der Waals surface area (Å²) in [5, 5.41) is 19.0. The molecule has 0 saturated heterocycles. The van der Waals surface area contributed by atoms with Crippen molar-refractivity contribution in [2.45, 2.75) is 18.9 Å². The maximum absolute atomic E-state index is 9.84. The van der Waals surface area contributed by atoms with Crippen molar-refractivity contribution in [3.05, 3.63) is 54.1 Å². The van der Waals surface area contributed by atoms with E-state index in [1.807, 2.05) is 36.4 Å². The Labute approximate surface area is 154 Å². The number of hydrogen-bond donors (Lipinski definition) is 2. The fourth-order valence-corrected chi connectivity index (χ4v) is 3.01. The van der Waals surface area contributed by atoms with Crippen LogP contribution in [-0.4, -0.2) is 44.3 Å². The second-order valence-corrected chi connectivity index (χ2v) is 5.90. The van der Waals surface area contributed by atoms with Gasteiger partial charge in [0.05, 0.1) is 39.6 Å². The van der Waals surface area contributed by atoms with Crippen LogP contribution in [-0.2, 0) is 12.8 Å². The highest BCUT2D eigenvalue weighted by Gasteiger charge is 2.19. The molecule has 2 aromatic rings. The Bertz CT molecular complexity index is 754. The molecule has 5 heteroatoms. The molecule has 1 unspecified atom stereocenters. The van der Waals surface area contributed by atoms with Gasteiger partial charge in [0, 0.05) is 6.42 Å². The van der Waals surface area contributed by atoms with E-state index < -0.39 is 6.10 Å². The van der Waals surface area contributed by atoms with Crippen LogP contribution >= 0.6 is 0 Å². The average molecular weight is 358 g/mol. The van der Waals surface area contributed by atoms with Gasteiger partial charge < -0.3 is 24.4 Å². The lowest BCUT2D eigenvalue weighted by molar-refractivity contribution is 0.0950. The second kappa shape index (κ2) is 9.27. The minimum atomic E-state index is -0.850. The van der Waals surface area contributed by atoms with E-state index in [0.717, 1.165) is 28.0 Å². The van der Waals surface area contributed by atoms with E-state index in [0.29, 0.717) is 17.9 Å². The number of ether oxygens (including phenoxy) is 3.